The highest BCUT2D eigenvalue weighted by molar-refractivity contribution is 6.07. The molecule has 1 amide bonds. The number of carbonyl (C=O) groups is 1. The van der Waals surface area contributed by atoms with E-state index in [-0.39, 0.29) is 11.3 Å². The summed E-state index contributed by atoms with van der Waals surface area (Å²) in [4.78, 5) is 14.6. The largest absolute Gasteiger partial charge is 0.314 e. The molecule has 2 nitrogen and oxygen atoms in total. The van der Waals surface area contributed by atoms with E-state index < -0.39 is 0 Å². The number of likely N-dealkylation sites (N-methyl/N-ethyl adjacent to an activating group) is 1. The van der Waals surface area contributed by atoms with Gasteiger partial charge in [-0.15, -0.1) is 0 Å². The molecule has 0 saturated heterocycles. The van der Waals surface area contributed by atoms with Crippen LogP contribution in [0.3, 0.4) is 0 Å². The lowest BCUT2D eigenvalue weighted by atomic mass is 9.67. The van der Waals surface area contributed by atoms with Crippen molar-refractivity contribution in [1.29, 1.82) is 0 Å². The van der Waals surface area contributed by atoms with Crippen LogP contribution >= 0.6 is 0 Å². The average Bonchev–Trinajstić information content (AvgIpc) is 2.64. The number of hydrogen-bond acceptors (Lipinski definition) is 1. The van der Waals surface area contributed by atoms with Gasteiger partial charge in [0, 0.05) is 12.7 Å². The Hall–Kier alpha value is -1.31. The first-order valence-electron chi connectivity index (χ1n) is 7.03. The maximum atomic E-state index is 12.7. The molecule has 1 aromatic rings. The second-order valence-corrected chi connectivity index (χ2v) is 5.92. The van der Waals surface area contributed by atoms with Crippen LogP contribution in [0, 0.1) is 5.92 Å². The van der Waals surface area contributed by atoms with Crippen molar-refractivity contribution in [2.24, 2.45) is 5.92 Å². The topological polar surface area (TPSA) is 20.3 Å². The van der Waals surface area contributed by atoms with E-state index in [4.69, 9.17) is 0 Å². The summed E-state index contributed by atoms with van der Waals surface area (Å²) < 4.78 is 0. The lowest BCUT2D eigenvalue weighted by Gasteiger charge is -2.35. The third-order valence-corrected chi connectivity index (χ3v) is 5.00. The molecule has 0 N–H and O–H groups in total. The number of rotatable bonds is 1. The lowest BCUT2D eigenvalue weighted by Crippen LogP contribution is -2.42. The van der Waals surface area contributed by atoms with Crippen LogP contribution in [0.1, 0.15) is 44.6 Å². The third kappa shape index (κ3) is 1.44. The highest BCUT2D eigenvalue weighted by atomic mass is 16.2. The Labute approximate surface area is 109 Å². The number of fused-ring (bicyclic) bond motifs is 1. The zero-order chi connectivity index (χ0) is 12.8. The second kappa shape index (κ2) is 4.11. The fourth-order valence-corrected chi connectivity index (χ4v) is 3.85. The predicted molar refractivity (Wildman–Crippen MR) is 73.8 cm³/mol. The first kappa shape index (κ1) is 11.8. The van der Waals surface area contributed by atoms with E-state index in [2.05, 4.69) is 25.1 Å². The Morgan fingerprint density at radius 1 is 1.17 bits per heavy atom. The van der Waals surface area contributed by atoms with E-state index in [9.17, 15) is 4.79 Å². The van der Waals surface area contributed by atoms with Crippen molar-refractivity contribution in [3.63, 3.8) is 0 Å². The molecule has 1 aromatic carbocycles. The molecule has 96 valence electrons. The highest BCUT2D eigenvalue weighted by Crippen LogP contribution is 2.49. The van der Waals surface area contributed by atoms with Crippen LogP contribution in [0.25, 0.3) is 0 Å². The number of para-hydroxylation sites is 1. The molecule has 1 saturated carbocycles. The smallest absolute Gasteiger partial charge is 0.237 e. The van der Waals surface area contributed by atoms with Crippen LogP contribution < -0.4 is 4.90 Å². The Bertz CT molecular complexity index is 476. The third-order valence-electron chi connectivity index (χ3n) is 5.00. The summed E-state index contributed by atoms with van der Waals surface area (Å²) in [6, 6.07) is 8.30. The molecule has 1 heterocycles. The summed E-state index contributed by atoms with van der Waals surface area (Å²) in [6.45, 7) is 2.16. The first-order chi connectivity index (χ1) is 8.65. The van der Waals surface area contributed by atoms with Gasteiger partial charge < -0.3 is 4.90 Å². The molecule has 1 fully saturated rings. The molecule has 2 aliphatic rings. The summed E-state index contributed by atoms with van der Waals surface area (Å²) in [5.41, 5.74) is 2.06. The molecule has 3 rings (SSSR count). The quantitative estimate of drug-likeness (QED) is 0.739. The van der Waals surface area contributed by atoms with E-state index in [1.54, 1.807) is 0 Å². The van der Waals surface area contributed by atoms with Crippen molar-refractivity contribution in [3.05, 3.63) is 29.8 Å². The van der Waals surface area contributed by atoms with Crippen molar-refractivity contribution in [2.75, 3.05) is 11.9 Å². The highest BCUT2D eigenvalue weighted by Gasteiger charge is 2.50. The molecular formula is C16H21NO. The minimum Gasteiger partial charge on any atom is -0.314 e. The number of nitrogens with zero attached hydrogens (tertiary/aromatic N) is 1. The van der Waals surface area contributed by atoms with Crippen LogP contribution in [0.2, 0.25) is 0 Å². The van der Waals surface area contributed by atoms with Gasteiger partial charge in [0.15, 0.2) is 0 Å². The molecule has 0 aromatic heterocycles. The van der Waals surface area contributed by atoms with Crippen LogP contribution in [-0.4, -0.2) is 13.0 Å². The van der Waals surface area contributed by atoms with Gasteiger partial charge in [-0.3, -0.25) is 4.79 Å². The summed E-state index contributed by atoms with van der Waals surface area (Å²) >= 11 is 0. The SMILES string of the molecule is CN1C(=O)C(C)(C2CCCCC2)c2ccccc21. The van der Waals surface area contributed by atoms with Crippen molar-refractivity contribution in [1.82, 2.24) is 0 Å². The molecule has 1 atom stereocenters. The summed E-state index contributed by atoms with van der Waals surface area (Å²) in [5, 5.41) is 0. The minimum absolute atomic E-state index is 0.286. The van der Waals surface area contributed by atoms with Gasteiger partial charge in [0.25, 0.3) is 0 Å². The molecule has 1 unspecified atom stereocenters. The van der Waals surface area contributed by atoms with Crippen LogP contribution in [0.5, 0.6) is 0 Å². The number of anilines is 1. The van der Waals surface area contributed by atoms with E-state index >= 15 is 0 Å². The fourth-order valence-electron chi connectivity index (χ4n) is 3.85. The van der Waals surface area contributed by atoms with Crippen molar-refractivity contribution in [2.45, 2.75) is 44.4 Å². The van der Waals surface area contributed by atoms with Gasteiger partial charge in [-0.2, -0.15) is 0 Å². The molecule has 2 heteroatoms. The summed E-state index contributed by atoms with van der Waals surface area (Å²) in [6.07, 6.45) is 6.28. The number of benzene rings is 1. The van der Waals surface area contributed by atoms with E-state index in [0.717, 1.165) is 5.69 Å². The Balaban J connectivity index is 2.07. The number of amides is 1. The number of hydrogen-bond donors (Lipinski definition) is 0. The molecule has 0 bridgehead atoms. The van der Waals surface area contributed by atoms with Crippen LogP contribution in [0.4, 0.5) is 5.69 Å². The standard InChI is InChI=1S/C16H21NO/c1-16(12-8-4-3-5-9-12)13-10-6-7-11-14(13)17(2)15(16)18/h6-7,10-12H,3-5,8-9H2,1-2H3. The molecule has 1 aliphatic carbocycles. The van der Waals surface area contributed by atoms with Crippen LogP contribution in [-0.2, 0) is 10.2 Å². The zero-order valence-corrected chi connectivity index (χ0v) is 11.3. The van der Waals surface area contributed by atoms with Gasteiger partial charge in [0.05, 0.1) is 5.41 Å². The van der Waals surface area contributed by atoms with Gasteiger partial charge >= 0.3 is 0 Å². The van der Waals surface area contributed by atoms with Crippen molar-refractivity contribution < 1.29 is 4.79 Å². The normalized spacial score (nSPS) is 28.6. The van der Waals surface area contributed by atoms with Crippen molar-refractivity contribution >= 4 is 11.6 Å². The monoisotopic (exact) mass is 243 g/mol. The fraction of sp³-hybridized carbons (Fsp3) is 0.562. The molecule has 18 heavy (non-hydrogen) atoms. The van der Waals surface area contributed by atoms with Gasteiger partial charge in [-0.1, -0.05) is 37.5 Å². The first-order valence-corrected chi connectivity index (χ1v) is 7.03. The Kier molecular flexibility index (Phi) is 2.69. The van der Waals surface area contributed by atoms with Gasteiger partial charge in [-0.25, -0.2) is 0 Å². The molecular weight excluding hydrogens is 222 g/mol. The molecule has 1 aliphatic heterocycles. The summed E-state index contributed by atoms with van der Waals surface area (Å²) in [7, 11) is 1.91. The minimum atomic E-state index is -0.286. The van der Waals surface area contributed by atoms with E-state index in [1.807, 2.05) is 18.0 Å². The van der Waals surface area contributed by atoms with Gasteiger partial charge in [-0.05, 0) is 37.3 Å². The summed E-state index contributed by atoms with van der Waals surface area (Å²) in [5.74, 6) is 0.806. The van der Waals surface area contributed by atoms with Crippen molar-refractivity contribution in [3.8, 4) is 0 Å². The Morgan fingerprint density at radius 3 is 2.56 bits per heavy atom. The van der Waals surface area contributed by atoms with Crippen LogP contribution in [0.15, 0.2) is 24.3 Å². The van der Waals surface area contributed by atoms with Gasteiger partial charge in [0.1, 0.15) is 0 Å². The van der Waals surface area contributed by atoms with Gasteiger partial charge in [0.2, 0.25) is 5.91 Å². The van der Waals surface area contributed by atoms with E-state index in [0.29, 0.717) is 5.92 Å². The molecule has 0 radical (unpaired) electrons. The Morgan fingerprint density at radius 2 is 1.83 bits per heavy atom. The zero-order valence-electron chi connectivity index (χ0n) is 11.3. The van der Waals surface area contributed by atoms with E-state index in [1.165, 1.54) is 37.7 Å². The maximum absolute atomic E-state index is 12.7. The second-order valence-electron chi connectivity index (χ2n) is 5.92. The predicted octanol–water partition coefficient (Wildman–Crippen LogP) is 3.50. The molecule has 0 spiro atoms. The average molecular weight is 243 g/mol. The lowest BCUT2D eigenvalue weighted by molar-refractivity contribution is -0.124. The number of carbonyl (C=O) groups excluding carboxylic acids is 1. The maximum Gasteiger partial charge on any atom is 0.237 e.